The number of benzene rings is 1. The number of methoxy groups -OCH3 is 1. The van der Waals surface area contributed by atoms with Gasteiger partial charge < -0.3 is 15.0 Å². The summed E-state index contributed by atoms with van der Waals surface area (Å²) in [7, 11) is 1.52. The number of nitrogens with one attached hydrogen (secondary N) is 2. The summed E-state index contributed by atoms with van der Waals surface area (Å²) in [5.41, 5.74) is -0.273. The van der Waals surface area contributed by atoms with Crippen molar-refractivity contribution in [3.05, 3.63) is 51.2 Å². The van der Waals surface area contributed by atoms with E-state index in [-0.39, 0.29) is 12.5 Å². The van der Waals surface area contributed by atoms with E-state index in [9.17, 15) is 14.4 Å². The monoisotopic (exact) mass is 406 g/mol. The first kappa shape index (κ1) is 18.5. The summed E-state index contributed by atoms with van der Waals surface area (Å²) in [6.45, 7) is 0.187. The van der Waals surface area contributed by atoms with Gasteiger partial charge in [0.2, 0.25) is 5.54 Å². The highest BCUT2D eigenvalue weighted by Gasteiger charge is 2.48. The van der Waals surface area contributed by atoms with Crippen molar-refractivity contribution >= 4 is 29.2 Å². The van der Waals surface area contributed by atoms with Gasteiger partial charge in [-0.15, -0.1) is 11.3 Å². The summed E-state index contributed by atoms with van der Waals surface area (Å²) in [4.78, 5) is 39.8. The average molecular weight is 406 g/mol. The van der Waals surface area contributed by atoms with Crippen molar-refractivity contribution in [2.45, 2.75) is 12.1 Å². The van der Waals surface area contributed by atoms with Gasteiger partial charge in [0.25, 0.3) is 11.8 Å². The Balaban J connectivity index is 1.64. The number of nitrogens with zero attached hydrogens (tertiary/aromatic N) is 2. The number of nitriles is 1. The number of hydrogen-bond donors (Lipinski definition) is 2. The first-order chi connectivity index (χ1) is 13.9. The molecule has 1 saturated heterocycles. The molecule has 0 aliphatic carbocycles. The van der Waals surface area contributed by atoms with Crippen LogP contribution in [0.25, 0.3) is 0 Å². The third-order valence-electron chi connectivity index (χ3n) is 4.68. The fourth-order valence-corrected chi connectivity index (χ4v) is 3.90. The summed E-state index contributed by atoms with van der Waals surface area (Å²) in [6.07, 6.45) is 0. The largest absolute Gasteiger partial charge is 0.497 e. The van der Waals surface area contributed by atoms with Crippen molar-refractivity contribution in [2.24, 2.45) is 0 Å². The summed E-state index contributed by atoms with van der Waals surface area (Å²) >= 11 is 1.18. The van der Waals surface area contributed by atoms with Crippen LogP contribution in [-0.4, -0.2) is 41.9 Å². The van der Waals surface area contributed by atoms with Gasteiger partial charge in [-0.3, -0.25) is 14.9 Å². The molecule has 4 rings (SSSR count). The van der Waals surface area contributed by atoms with Crippen LogP contribution in [0.1, 0.15) is 25.7 Å². The molecule has 9 heteroatoms. The maximum Gasteiger partial charge on any atom is 0.323 e. The SMILES string of the molecule is COc1ccc2c(c1)C(=O)N(C[C@@]1(C#Cc3ccc(C#N)s3)NC(=O)NC1=O)C2. The maximum absolute atomic E-state index is 12.8. The number of ether oxygens (including phenoxy) is 1. The quantitative estimate of drug-likeness (QED) is 0.588. The minimum atomic E-state index is -1.57. The number of thiophene rings is 1. The topological polar surface area (TPSA) is 112 Å². The lowest BCUT2D eigenvalue weighted by Gasteiger charge is -2.26. The molecule has 0 radical (unpaired) electrons. The van der Waals surface area contributed by atoms with E-state index < -0.39 is 17.5 Å². The Morgan fingerprint density at radius 2 is 2.03 bits per heavy atom. The average Bonchev–Trinajstić information content (AvgIpc) is 3.37. The van der Waals surface area contributed by atoms with Gasteiger partial charge in [0.15, 0.2) is 0 Å². The zero-order valence-corrected chi connectivity index (χ0v) is 16.1. The van der Waals surface area contributed by atoms with Crippen molar-refractivity contribution in [1.82, 2.24) is 15.5 Å². The molecule has 8 nitrogen and oxygen atoms in total. The molecule has 1 aromatic heterocycles. The van der Waals surface area contributed by atoms with Crippen LogP contribution in [0.15, 0.2) is 30.3 Å². The van der Waals surface area contributed by atoms with Crippen LogP contribution >= 0.6 is 11.3 Å². The minimum Gasteiger partial charge on any atom is -0.497 e. The van der Waals surface area contributed by atoms with E-state index in [2.05, 4.69) is 22.5 Å². The molecule has 29 heavy (non-hydrogen) atoms. The van der Waals surface area contributed by atoms with Crippen LogP contribution < -0.4 is 15.4 Å². The van der Waals surface area contributed by atoms with Crippen LogP contribution in [0.5, 0.6) is 5.75 Å². The summed E-state index contributed by atoms with van der Waals surface area (Å²) in [6, 6.07) is 9.86. The molecule has 0 saturated carbocycles. The highest BCUT2D eigenvalue weighted by atomic mass is 32.1. The molecule has 144 valence electrons. The van der Waals surface area contributed by atoms with E-state index in [0.29, 0.717) is 27.6 Å². The second-order valence-electron chi connectivity index (χ2n) is 6.52. The molecule has 2 aliphatic rings. The number of rotatable bonds is 3. The second-order valence-corrected chi connectivity index (χ2v) is 7.61. The molecule has 1 fully saturated rings. The zero-order valence-electron chi connectivity index (χ0n) is 15.2. The first-order valence-corrected chi connectivity index (χ1v) is 9.38. The van der Waals surface area contributed by atoms with E-state index >= 15 is 0 Å². The predicted octanol–water partition coefficient (Wildman–Crippen LogP) is 1.21. The summed E-state index contributed by atoms with van der Waals surface area (Å²) in [5, 5.41) is 13.7. The lowest BCUT2D eigenvalue weighted by Crippen LogP contribution is -2.54. The van der Waals surface area contributed by atoms with Gasteiger partial charge in [-0.2, -0.15) is 5.26 Å². The molecule has 0 bridgehead atoms. The van der Waals surface area contributed by atoms with E-state index in [1.165, 1.54) is 23.3 Å². The van der Waals surface area contributed by atoms with E-state index in [1.807, 2.05) is 6.07 Å². The zero-order chi connectivity index (χ0) is 20.6. The van der Waals surface area contributed by atoms with Crippen LogP contribution in [-0.2, 0) is 11.3 Å². The van der Waals surface area contributed by atoms with E-state index in [1.54, 1.807) is 30.3 Å². The van der Waals surface area contributed by atoms with Gasteiger partial charge >= 0.3 is 6.03 Å². The summed E-state index contributed by atoms with van der Waals surface area (Å²) in [5.74, 6) is 5.34. The Hall–Kier alpha value is -3.82. The van der Waals surface area contributed by atoms with Crippen molar-refractivity contribution < 1.29 is 19.1 Å². The van der Waals surface area contributed by atoms with Crippen molar-refractivity contribution in [2.75, 3.05) is 13.7 Å². The molecule has 4 amide bonds. The predicted molar refractivity (Wildman–Crippen MR) is 103 cm³/mol. The third-order valence-corrected chi connectivity index (χ3v) is 5.59. The molecule has 0 spiro atoms. The number of carbonyl (C=O) groups excluding carboxylic acids is 3. The van der Waals surface area contributed by atoms with Gasteiger partial charge in [-0.1, -0.05) is 17.9 Å². The summed E-state index contributed by atoms with van der Waals surface area (Å²) < 4.78 is 5.17. The Kier molecular flexibility index (Phi) is 4.45. The molecule has 3 heterocycles. The van der Waals surface area contributed by atoms with Gasteiger partial charge in [-0.25, -0.2) is 4.79 Å². The van der Waals surface area contributed by atoms with Gasteiger partial charge in [0, 0.05) is 12.1 Å². The second kappa shape index (κ2) is 6.97. The van der Waals surface area contributed by atoms with Crippen LogP contribution in [0.3, 0.4) is 0 Å². The molecule has 2 aromatic rings. The Bertz CT molecular complexity index is 1150. The number of fused-ring (bicyclic) bond motifs is 1. The molecule has 1 atom stereocenters. The van der Waals surface area contributed by atoms with Crippen molar-refractivity contribution in [3.63, 3.8) is 0 Å². The fourth-order valence-electron chi connectivity index (χ4n) is 3.25. The smallest absolute Gasteiger partial charge is 0.323 e. The Morgan fingerprint density at radius 1 is 1.24 bits per heavy atom. The van der Waals surface area contributed by atoms with Crippen molar-refractivity contribution in [3.8, 4) is 23.7 Å². The standard InChI is InChI=1S/C20H14N4O4S/c1-28-13-3-2-12-10-24(17(25)16(12)8-13)11-20(18(26)22-19(27)23-20)7-6-14-4-5-15(9-21)29-14/h2-5,8H,10-11H2,1H3,(H2,22,23,26,27)/t20-/m1/s1. The van der Waals surface area contributed by atoms with Gasteiger partial charge in [0.05, 0.1) is 18.5 Å². The van der Waals surface area contributed by atoms with Gasteiger partial charge in [0.1, 0.15) is 16.7 Å². The number of carbonyl (C=O) groups is 3. The first-order valence-electron chi connectivity index (χ1n) is 8.57. The number of amides is 4. The Labute approximate surface area is 170 Å². The lowest BCUT2D eigenvalue weighted by atomic mass is 9.99. The maximum atomic E-state index is 12.8. The van der Waals surface area contributed by atoms with Crippen molar-refractivity contribution in [1.29, 1.82) is 5.26 Å². The normalized spacial score (nSPS) is 19.7. The lowest BCUT2D eigenvalue weighted by molar-refractivity contribution is -0.122. The molecule has 2 aliphatic heterocycles. The van der Waals surface area contributed by atoms with Gasteiger partial charge in [-0.05, 0) is 29.8 Å². The number of imide groups is 1. The van der Waals surface area contributed by atoms with Crippen LogP contribution in [0, 0.1) is 23.2 Å². The van der Waals surface area contributed by atoms with E-state index in [0.717, 1.165) is 5.56 Å². The van der Waals surface area contributed by atoms with Crippen LogP contribution in [0.4, 0.5) is 4.79 Å². The Morgan fingerprint density at radius 3 is 2.69 bits per heavy atom. The molecule has 2 N–H and O–H groups in total. The minimum absolute atomic E-state index is 0.107. The third kappa shape index (κ3) is 3.28. The highest BCUT2D eigenvalue weighted by Crippen LogP contribution is 2.28. The van der Waals surface area contributed by atoms with E-state index in [4.69, 9.17) is 10.00 Å². The van der Waals surface area contributed by atoms with Crippen LogP contribution in [0.2, 0.25) is 0 Å². The molecule has 1 aromatic carbocycles. The number of hydrogen-bond acceptors (Lipinski definition) is 6. The molecular weight excluding hydrogens is 392 g/mol. The number of urea groups is 1. The molecule has 0 unspecified atom stereocenters. The fraction of sp³-hybridized carbons (Fsp3) is 0.200. The molecular formula is C20H14N4O4S. The highest BCUT2D eigenvalue weighted by molar-refractivity contribution is 7.13.